The highest BCUT2D eigenvalue weighted by Crippen LogP contribution is 2.44. The topological polar surface area (TPSA) is 97.7 Å². The van der Waals surface area contributed by atoms with Gasteiger partial charge in [0.15, 0.2) is 0 Å². The Kier molecular flexibility index (Phi) is 8.16. The van der Waals surface area contributed by atoms with Gasteiger partial charge in [-0.25, -0.2) is 0 Å². The summed E-state index contributed by atoms with van der Waals surface area (Å²) in [6.07, 6.45) is -0.208. The normalized spacial score (nSPS) is 10.8. The van der Waals surface area contributed by atoms with E-state index in [-0.39, 0.29) is 24.4 Å². The lowest BCUT2D eigenvalue weighted by molar-refractivity contribution is -0.140. The maximum atomic E-state index is 13.2. The molecule has 40 heavy (non-hydrogen) atoms. The van der Waals surface area contributed by atoms with Crippen LogP contribution in [-0.2, 0) is 27.2 Å². The fourth-order valence-corrected chi connectivity index (χ4v) is 7.78. The summed E-state index contributed by atoms with van der Waals surface area (Å²) in [6, 6.07) is 25.0. The zero-order valence-corrected chi connectivity index (χ0v) is 23.7. The van der Waals surface area contributed by atoms with E-state index in [1.54, 1.807) is 60.7 Å². The highest BCUT2D eigenvalue weighted by Gasteiger charge is 2.23. The molecular formula is C31H22O6S3. The first-order valence-electron chi connectivity index (χ1n) is 12.2. The van der Waals surface area contributed by atoms with Crippen LogP contribution in [0.15, 0.2) is 84.9 Å². The molecule has 5 aromatic rings. The number of hydrogen-bond donors (Lipinski definition) is 1. The first-order valence-corrected chi connectivity index (χ1v) is 14.6. The lowest BCUT2D eigenvalue weighted by Crippen LogP contribution is -2.04. The van der Waals surface area contributed by atoms with Crippen molar-refractivity contribution in [3.63, 3.8) is 0 Å². The predicted molar refractivity (Wildman–Crippen MR) is 158 cm³/mol. The Bertz CT molecular complexity index is 1710. The summed E-state index contributed by atoms with van der Waals surface area (Å²) < 4.78 is 4.89. The number of carbonyl (C=O) groups is 4. The van der Waals surface area contributed by atoms with Gasteiger partial charge in [-0.05, 0) is 35.4 Å². The molecule has 6 nitrogen and oxygen atoms in total. The van der Waals surface area contributed by atoms with Crippen LogP contribution in [0.4, 0.5) is 0 Å². The zero-order valence-electron chi connectivity index (χ0n) is 21.2. The van der Waals surface area contributed by atoms with Crippen molar-refractivity contribution in [2.45, 2.75) is 12.8 Å². The quantitative estimate of drug-likeness (QED) is 0.140. The number of ketones is 2. The first-order chi connectivity index (χ1) is 19.3. The van der Waals surface area contributed by atoms with E-state index in [1.807, 2.05) is 24.3 Å². The SMILES string of the molecule is COC(=O)Cc1cc(C(=O)c2ccccc2)sc1-c1ccc(-c2sc(C(=O)c3ccccc3)cc2CC(=O)O)s1. The van der Waals surface area contributed by atoms with Gasteiger partial charge >= 0.3 is 11.9 Å². The van der Waals surface area contributed by atoms with Crippen LogP contribution in [0.1, 0.15) is 41.6 Å². The summed E-state index contributed by atoms with van der Waals surface area (Å²) in [5, 5.41) is 9.53. The van der Waals surface area contributed by atoms with Crippen molar-refractivity contribution < 1.29 is 29.0 Å². The van der Waals surface area contributed by atoms with E-state index in [0.717, 1.165) is 14.6 Å². The molecule has 0 aliphatic carbocycles. The summed E-state index contributed by atoms with van der Waals surface area (Å²) in [5.74, 6) is -1.70. The average Bonchev–Trinajstić information content (AvgIpc) is 3.71. The van der Waals surface area contributed by atoms with Crippen molar-refractivity contribution in [1.82, 2.24) is 0 Å². The van der Waals surface area contributed by atoms with Gasteiger partial charge in [0.25, 0.3) is 0 Å². The number of thiophene rings is 3. The smallest absolute Gasteiger partial charge is 0.310 e. The number of methoxy groups -OCH3 is 1. The van der Waals surface area contributed by atoms with Crippen LogP contribution in [0.5, 0.6) is 0 Å². The molecule has 9 heteroatoms. The van der Waals surface area contributed by atoms with E-state index < -0.39 is 11.9 Å². The van der Waals surface area contributed by atoms with Crippen LogP contribution in [0.25, 0.3) is 19.5 Å². The summed E-state index contributed by atoms with van der Waals surface area (Å²) in [5.41, 5.74) is 2.33. The van der Waals surface area contributed by atoms with Crippen molar-refractivity contribution in [3.05, 3.63) is 117 Å². The molecule has 0 aliphatic heterocycles. The Labute approximate surface area is 242 Å². The standard InChI is InChI=1S/C31H22O6S3/c1-37-27(34)17-21-15-25(29(36)19-10-6-3-7-11-19)40-31(21)23-13-12-22(38-23)30-20(16-26(32)33)14-24(39-30)28(35)18-8-4-2-5-9-18/h2-15H,16-17H2,1H3,(H,32,33). The monoisotopic (exact) mass is 586 g/mol. The minimum atomic E-state index is -0.989. The Morgan fingerprint density at radius 2 is 1.10 bits per heavy atom. The minimum absolute atomic E-state index is 0.0105. The molecule has 0 saturated heterocycles. The van der Waals surface area contributed by atoms with Crippen molar-refractivity contribution in [1.29, 1.82) is 0 Å². The molecule has 2 aromatic carbocycles. The van der Waals surface area contributed by atoms with Gasteiger partial charge in [-0.2, -0.15) is 0 Å². The fourth-order valence-electron chi connectivity index (χ4n) is 4.20. The van der Waals surface area contributed by atoms with Crippen LogP contribution in [0.2, 0.25) is 0 Å². The summed E-state index contributed by atoms with van der Waals surface area (Å²) in [4.78, 5) is 54.2. The van der Waals surface area contributed by atoms with E-state index in [2.05, 4.69) is 0 Å². The van der Waals surface area contributed by atoms with Crippen molar-refractivity contribution in [2.75, 3.05) is 7.11 Å². The number of hydrogen-bond acceptors (Lipinski definition) is 8. The largest absolute Gasteiger partial charge is 0.481 e. The van der Waals surface area contributed by atoms with Crippen LogP contribution in [0.3, 0.4) is 0 Å². The van der Waals surface area contributed by atoms with Gasteiger partial charge in [0.1, 0.15) is 0 Å². The van der Waals surface area contributed by atoms with Crippen LogP contribution in [-0.4, -0.2) is 35.7 Å². The Hall–Kier alpha value is -4.18. The number of carboxylic acid groups (broad SMARTS) is 1. The maximum absolute atomic E-state index is 13.2. The first kappa shape index (κ1) is 27.4. The number of esters is 1. The average molecular weight is 587 g/mol. The van der Waals surface area contributed by atoms with E-state index in [9.17, 15) is 24.3 Å². The van der Waals surface area contributed by atoms with Gasteiger partial charge in [-0.15, -0.1) is 34.0 Å². The van der Waals surface area contributed by atoms with Crippen LogP contribution >= 0.6 is 34.0 Å². The molecule has 0 aliphatic rings. The molecule has 3 heterocycles. The third kappa shape index (κ3) is 5.86. The van der Waals surface area contributed by atoms with Gasteiger partial charge in [0.05, 0.1) is 29.7 Å². The molecule has 0 atom stereocenters. The van der Waals surface area contributed by atoms with Gasteiger partial charge in [-0.1, -0.05) is 60.7 Å². The highest BCUT2D eigenvalue weighted by atomic mass is 32.1. The number of rotatable bonds is 10. The fraction of sp³-hybridized carbons (Fsp3) is 0.0968. The van der Waals surface area contributed by atoms with Crippen LogP contribution < -0.4 is 0 Å². The molecule has 0 bridgehead atoms. The molecule has 0 radical (unpaired) electrons. The lowest BCUT2D eigenvalue weighted by Gasteiger charge is -2.01. The predicted octanol–water partition coefficient (Wildman–Crippen LogP) is 7.01. The number of benzene rings is 2. The summed E-state index contributed by atoms with van der Waals surface area (Å²) in [7, 11) is 1.32. The third-order valence-electron chi connectivity index (χ3n) is 6.10. The van der Waals surface area contributed by atoms with Crippen LogP contribution in [0, 0.1) is 0 Å². The molecule has 0 fully saturated rings. The van der Waals surface area contributed by atoms with Crippen molar-refractivity contribution in [2.24, 2.45) is 0 Å². The Morgan fingerprint density at radius 3 is 1.52 bits per heavy atom. The van der Waals surface area contributed by atoms with Crippen molar-refractivity contribution in [3.8, 4) is 19.5 Å². The second-order valence-corrected chi connectivity index (χ2v) is 12.0. The molecule has 1 N–H and O–H groups in total. The second-order valence-electron chi connectivity index (χ2n) is 8.81. The van der Waals surface area contributed by atoms with Gasteiger partial charge in [-0.3, -0.25) is 19.2 Å². The molecular weight excluding hydrogens is 565 g/mol. The maximum Gasteiger partial charge on any atom is 0.310 e. The van der Waals surface area contributed by atoms with E-state index in [4.69, 9.17) is 4.74 Å². The van der Waals surface area contributed by atoms with Crippen molar-refractivity contribution >= 4 is 57.5 Å². The summed E-state index contributed by atoms with van der Waals surface area (Å²) >= 11 is 4.00. The highest BCUT2D eigenvalue weighted by molar-refractivity contribution is 7.27. The molecule has 3 aromatic heterocycles. The molecule has 0 unspecified atom stereocenters. The van der Waals surface area contributed by atoms with E-state index in [1.165, 1.54) is 41.1 Å². The van der Waals surface area contributed by atoms with E-state index >= 15 is 0 Å². The third-order valence-corrected chi connectivity index (χ3v) is 9.89. The van der Waals surface area contributed by atoms with E-state index in [0.29, 0.717) is 36.9 Å². The molecule has 0 amide bonds. The Morgan fingerprint density at radius 1 is 0.650 bits per heavy atom. The molecule has 200 valence electrons. The molecule has 5 rings (SSSR count). The Balaban J connectivity index is 1.54. The van der Waals surface area contributed by atoms with Gasteiger partial charge < -0.3 is 9.84 Å². The number of carboxylic acids is 1. The second kappa shape index (κ2) is 11.9. The van der Waals surface area contributed by atoms with Gasteiger partial charge in [0.2, 0.25) is 11.6 Å². The number of carbonyl (C=O) groups excluding carboxylic acids is 3. The number of ether oxygens (including phenoxy) is 1. The van der Waals surface area contributed by atoms with Gasteiger partial charge in [0, 0.05) is 30.6 Å². The number of aliphatic carboxylic acids is 1. The minimum Gasteiger partial charge on any atom is -0.481 e. The molecule has 0 spiro atoms. The molecule has 0 saturated carbocycles. The zero-order chi connectivity index (χ0) is 28.2. The summed E-state index contributed by atoms with van der Waals surface area (Å²) in [6.45, 7) is 0. The lowest BCUT2D eigenvalue weighted by atomic mass is 10.1.